The summed E-state index contributed by atoms with van der Waals surface area (Å²) in [5, 5.41) is 4.35. The van der Waals surface area contributed by atoms with E-state index in [0.29, 0.717) is 18.7 Å². The van der Waals surface area contributed by atoms with E-state index < -0.39 is 29.2 Å². The zero-order valence-corrected chi connectivity index (χ0v) is 15.5. The number of para-hydroxylation sites is 1. The van der Waals surface area contributed by atoms with Gasteiger partial charge in [-0.05, 0) is 43.2 Å². The molecule has 0 spiro atoms. The first-order valence-corrected chi connectivity index (χ1v) is 8.86. The Morgan fingerprint density at radius 1 is 1.03 bits per heavy atom. The molecule has 1 fully saturated rings. The summed E-state index contributed by atoms with van der Waals surface area (Å²) in [6.45, 7) is 2.37. The molecule has 1 aliphatic heterocycles. The number of benzene rings is 2. The lowest BCUT2D eigenvalue weighted by Crippen LogP contribution is -2.30. The van der Waals surface area contributed by atoms with Gasteiger partial charge >= 0.3 is 18.0 Å². The Labute approximate surface area is 164 Å². The Kier molecular flexibility index (Phi) is 5.58. The molecule has 1 heterocycles. The van der Waals surface area contributed by atoms with Crippen molar-refractivity contribution in [1.82, 2.24) is 0 Å². The van der Waals surface area contributed by atoms with Gasteiger partial charge in [-0.2, -0.15) is 13.2 Å². The zero-order chi connectivity index (χ0) is 21.2. The van der Waals surface area contributed by atoms with Gasteiger partial charge in [0, 0.05) is 24.3 Å². The summed E-state index contributed by atoms with van der Waals surface area (Å²) in [5.41, 5.74) is 0.142. The highest BCUT2D eigenvalue weighted by Crippen LogP contribution is 2.34. The largest absolute Gasteiger partial charge is 0.418 e. The summed E-state index contributed by atoms with van der Waals surface area (Å²) >= 11 is 0. The lowest BCUT2D eigenvalue weighted by atomic mass is 10.1. The highest BCUT2D eigenvalue weighted by molar-refractivity contribution is 6.43. The van der Waals surface area contributed by atoms with E-state index in [1.165, 1.54) is 12.1 Å². The van der Waals surface area contributed by atoms with Gasteiger partial charge in [0.25, 0.3) is 0 Å². The van der Waals surface area contributed by atoms with Crippen LogP contribution < -0.4 is 15.5 Å². The number of aryl methyl sites for hydroxylation is 1. The van der Waals surface area contributed by atoms with Crippen LogP contribution in [0, 0.1) is 6.92 Å². The van der Waals surface area contributed by atoms with Crippen molar-refractivity contribution in [3.63, 3.8) is 0 Å². The SMILES string of the molecule is Cc1ccc(NC(=O)C(=O)Nc2ccccc2C(F)(F)F)cc1N1CCCC1=O. The van der Waals surface area contributed by atoms with Crippen molar-refractivity contribution in [2.45, 2.75) is 25.9 Å². The zero-order valence-electron chi connectivity index (χ0n) is 15.5. The molecule has 2 N–H and O–H groups in total. The highest BCUT2D eigenvalue weighted by Gasteiger charge is 2.34. The smallest absolute Gasteiger partial charge is 0.318 e. The molecule has 2 aromatic rings. The van der Waals surface area contributed by atoms with Crippen molar-refractivity contribution >= 4 is 34.8 Å². The van der Waals surface area contributed by atoms with Crippen LogP contribution >= 0.6 is 0 Å². The summed E-state index contributed by atoms with van der Waals surface area (Å²) in [7, 11) is 0. The molecule has 3 rings (SSSR count). The summed E-state index contributed by atoms with van der Waals surface area (Å²) < 4.78 is 39.1. The molecule has 1 aliphatic rings. The first-order chi connectivity index (χ1) is 13.7. The maximum absolute atomic E-state index is 13.0. The van der Waals surface area contributed by atoms with E-state index >= 15 is 0 Å². The Balaban J connectivity index is 1.74. The van der Waals surface area contributed by atoms with Crippen LogP contribution in [0.1, 0.15) is 24.0 Å². The molecule has 6 nitrogen and oxygen atoms in total. The molecule has 3 amide bonds. The number of halogens is 3. The molecule has 0 saturated carbocycles. The summed E-state index contributed by atoms with van der Waals surface area (Å²) in [6.07, 6.45) is -3.50. The van der Waals surface area contributed by atoms with E-state index in [2.05, 4.69) is 5.32 Å². The first kappa shape index (κ1) is 20.4. The maximum Gasteiger partial charge on any atom is 0.418 e. The first-order valence-electron chi connectivity index (χ1n) is 8.86. The van der Waals surface area contributed by atoms with Gasteiger partial charge in [-0.25, -0.2) is 0 Å². The second-order valence-electron chi connectivity index (χ2n) is 6.60. The number of nitrogens with zero attached hydrogens (tertiary/aromatic N) is 1. The fraction of sp³-hybridized carbons (Fsp3) is 0.250. The van der Waals surface area contributed by atoms with Crippen LogP contribution in [0.15, 0.2) is 42.5 Å². The molecule has 0 aromatic heterocycles. The van der Waals surface area contributed by atoms with E-state index in [1.807, 2.05) is 12.2 Å². The predicted molar refractivity (Wildman–Crippen MR) is 101 cm³/mol. The second-order valence-corrected chi connectivity index (χ2v) is 6.60. The molecule has 0 aliphatic carbocycles. The number of anilines is 3. The van der Waals surface area contributed by atoms with Crippen LogP contribution in [0.3, 0.4) is 0 Å². The molecule has 152 valence electrons. The Morgan fingerprint density at radius 2 is 1.72 bits per heavy atom. The van der Waals surface area contributed by atoms with Crippen LogP contribution in [0.5, 0.6) is 0 Å². The van der Waals surface area contributed by atoms with Crippen LogP contribution in [-0.2, 0) is 20.6 Å². The Hall–Kier alpha value is -3.36. The van der Waals surface area contributed by atoms with E-state index in [4.69, 9.17) is 0 Å². The van der Waals surface area contributed by atoms with Gasteiger partial charge in [-0.1, -0.05) is 18.2 Å². The topological polar surface area (TPSA) is 78.5 Å². The van der Waals surface area contributed by atoms with Crippen molar-refractivity contribution in [3.05, 3.63) is 53.6 Å². The van der Waals surface area contributed by atoms with Gasteiger partial charge in [0.2, 0.25) is 5.91 Å². The molecular weight excluding hydrogens is 387 g/mol. The minimum absolute atomic E-state index is 0.0296. The average molecular weight is 405 g/mol. The average Bonchev–Trinajstić information content (AvgIpc) is 3.08. The van der Waals surface area contributed by atoms with Gasteiger partial charge in [0.1, 0.15) is 0 Å². The number of carbonyl (C=O) groups excluding carboxylic acids is 3. The molecule has 0 bridgehead atoms. The van der Waals surface area contributed by atoms with E-state index in [9.17, 15) is 27.6 Å². The molecular formula is C20H18F3N3O3. The minimum Gasteiger partial charge on any atom is -0.318 e. The lowest BCUT2D eigenvalue weighted by Gasteiger charge is -2.19. The van der Waals surface area contributed by atoms with Gasteiger partial charge in [-0.15, -0.1) is 0 Å². The number of carbonyl (C=O) groups is 3. The van der Waals surface area contributed by atoms with Crippen LogP contribution in [-0.4, -0.2) is 24.3 Å². The number of nitrogens with one attached hydrogen (secondary N) is 2. The molecule has 0 radical (unpaired) electrons. The van der Waals surface area contributed by atoms with Gasteiger partial charge in [0.05, 0.1) is 11.3 Å². The molecule has 29 heavy (non-hydrogen) atoms. The molecule has 9 heteroatoms. The Morgan fingerprint density at radius 3 is 2.38 bits per heavy atom. The lowest BCUT2D eigenvalue weighted by molar-refractivity contribution is -0.137. The normalized spacial score (nSPS) is 14.1. The third kappa shape index (κ3) is 4.56. The fourth-order valence-electron chi connectivity index (χ4n) is 3.09. The quantitative estimate of drug-likeness (QED) is 0.764. The van der Waals surface area contributed by atoms with E-state index in [1.54, 1.807) is 23.1 Å². The van der Waals surface area contributed by atoms with Crippen molar-refractivity contribution in [2.75, 3.05) is 22.1 Å². The van der Waals surface area contributed by atoms with Crippen LogP contribution in [0.25, 0.3) is 0 Å². The standard InChI is InChI=1S/C20H18F3N3O3/c1-12-8-9-13(11-16(12)26-10-4-7-17(26)27)24-18(28)19(29)25-15-6-3-2-5-14(15)20(21,22)23/h2-3,5-6,8-9,11H,4,7,10H2,1H3,(H,24,28)(H,25,29). The van der Waals surface area contributed by atoms with Crippen molar-refractivity contribution < 1.29 is 27.6 Å². The third-order valence-electron chi connectivity index (χ3n) is 4.52. The Bertz CT molecular complexity index is 973. The number of alkyl halides is 3. The second kappa shape index (κ2) is 7.94. The van der Waals surface area contributed by atoms with Crippen LogP contribution in [0.4, 0.5) is 30.2 Å². The number of rotatable bonds is 3. The van der Waals surface area contributed by atoms with Crippen molar-refractivity contribution in [3.8, 4) is 0 Å². The minimum atomic E-state index is -4.67. The number of hydrogen-bond acceptors (Lipinski definition) is 3. The van der Waals surface area contributed by atoms with E-state index in [0.717, 1.165) is 24.1 Å². The van der Waals surface area contributed by atoms with Gasteiger partial charge < -0.3 is 15.5 Å². The fourth-order valence-corrected chi connectivity index (χ4v) is 3.09. The summed E-state index contributed by atoms with van der Waals surface area (Å²) in [5.74, 6) is -2.39. The van der Waals surface area contributed by atoms with Crippen molar-refractivity contribution in [2.24, 2.45) is 0 Å². The van der Waals surface area contributed by atoms with Crippen molar-refractivity contribution in [1.29, 1.82) is 0 Å². The molecule has 0 atom stereocenters. The maximum atomic E-state index is 13.0. The monoisotopic (exact) mass is 405 g/mol. The number of amides is 3. The predicted octanol–water partition coefficient (Wildman–Crippen LogP) is 3.72. The van der Waals surface area contributed by atoms with Crippen LogP contribution in [0.2, 0.25) is 0 Å². The molecule has 0 unspecified atom stereocenters. The summed E-state index contributed by atoms with van der Waals surface area (Å²) in [4.78, 5) is 37.8. The highest BCUT2D eigenvalue weighted by atomic mass is 19.4. The summed E-state index contributed by atoms with van der Waals surface area (Å²) in [6, 6.07) is 9.19. The van der Waals surface area contributed by atoms with Gasteiger partial charge in [-0.3, -0.25) is 14.4 Å². The van der Waals surface area contributed by atoms with Gasteiger partial charge in [0.15, 0.2) is 0 Å². The molecule has 2 aromatic carbocycles. The molecule has 1 saturated heterocycles. The number of hydrogen-bond donors (Lipinski definition) is 2. The van der Waals surface area contributed by atoms with E-state index in [-0.39, 0.29) is 11.6 Å². The third-order valence-corrected chi connectivity index (χ3v) is 4.52.